The lowest BCUT2D eigenvalue weighted by molar-refractivity contribution is -0.134. The van der Waals surface area contributed by atoms with E-state index in [1.165, 1.54) is 0 Å². The van der Waals surface area contributed by atoms with Crippen molar-refractivity contribution < 1.29 is 19.1 Å². The van der Waals surface area contributed by atoms with Crippen LogP contribution in [0.3, 0.4) is 0 Å². The van der Waals surface area contributed by atoms with Crippen LogP contribution in [0.1, 0.15) is 24.2 Å². The van der Waals surface area contributed by atoms with E-state index >= 15 is 0 Å². The molecule has 0 radical (unpaired) electrons. The molecule has 3 heterocycles. The number of ether oxygens (including phenoxy) is 2. The van der Waals surface area contributed by atoms with E-state index in [4.69, 9.17) is 9.47 Å². The third-order valence-electron chi connectivity index (χ3n) is 4.12. The molecule has 2 aliphatic heterocycles. The van der Waals surface area contributed by atoms with Gasteiger partial charge in [0.05, 0.1) is 41.7 Å². The third-order valence-corrected chi connectivity index (χ3v) is 4.12. The average molecular weight is 349 g/mol. The molecule has 4 rings (SSSR count). The smallest absolute Gasteiger partial charge is 0.356 e. The third kappa shape index (κ3) is 2.40. The molecule has 0 saturated carbocycles. The first-order chi connectivity index (χ1) is 12.6. The van der Waals surface area contributed by atoms with Crippen LogP contribution in [0.2, 0.25) is 0 Å². The van der Waals surface area contributed by atoms with Crippen LogP contribution in [0.25, 0.3) is 6.08 Å². The Balaban J connectivity index is 2.05. The number of aromatic nitrogens is 1. The summed E-state index contributed by atoms with van der Waals surface area (Å²) < 4.78 is 10.2. The molecule has 0 unspecified atom stereocenters. The first-order valence-electron chi connectivity index (χ1n) is 8.28. The lowest BCUT2D eigenvalue weighted by atomic mass is 10.1. The van der Waals surface area contributed by atoms with E-state index < -0.39 is 11.9 Å². The molecule has 0 saturated heterocycles. The van der Waals surface area contributed by atoms with Crippen LogP contribution in [-0.2, 0) is 14.3 Å². The summed E-state index contributed by atoms with van der Waals surface area (Å²) in [6.45, 7) is 3.99. The fourth-order valence-electron chi connectivity index (χ4n) is 3.08. The zero-order valence-electron chi connectivity index (χ0n) is 14.3. The number of rotatable bonds is 4. The van der Waals surface area contributed by atoms with Crippen molar-refractivity contribution in [1.29, 1.82) is 0 Å². The fourth-order valence-corrected chi connectivity index (χ4v) is 3.08. The Labute approximate surface area is 148 Å². The first-order valence-corrected chi connectivity index (χ1v) is 8.28. The predicted molar refractivity (Wildman–Crippen MR) is 92.9 cm³/mol. The van der Waals surface area contributed by atoms with Crippen molar-refractivity contribution in [1.82, 2.24) is 4.98 Å². The number of esters is 2. The van der Waals surface area contributed by atoms with E-state index in [2.05, 4.69) is 15.0 Å². The van der Waals surface area contributed by atoms with E-state index in [1.807, 2.05) is 6.07 Å². The number of carbonyl (C=O) groups is 2. The topological polar surface area (TPSA) is 90.2 Å². The molecule has 0 bridgehead atoms. The van der Waals surface area contributed by atoms with Gasteiger partial charge in [0.2, 0.25) is 0 Å². The minimum Gasteiger partial charge on any atom is -0.462 e. The zero-order chi connectivity index (χ0) is 18.3. The lowest BCUT2D eigenvalue weighted by Gasteiger charge is -2.06. The van der Waals surface area contributed by atoms with Crippen LogP contribution < -0.4 is 10.6 Å². The van der Waals surface area contributed by atoms with Gasteiger partial charge in [-0.1, -0.05) is 0 Å². The van der Waals surface area contributed by atoms with Gasteiger partial charge in [0.1, 0.15) is 5.71 Å². The first kappa shape index (κ1) is 16.1. The van der Waals surface area contributed by atoms with Gasteiger partial charge in [0.15, 0.2) is 0 Å². The number of hydrogen-bond donors (Lipinski definition) is 0. The van der Waals surface area contributed by atoms with Crippen LogP contribution in [0.5, 0.6) is 0 Å². The monoisotopic (exact) mass is 349 g/mol. The largest absolute Gasteiger partial charge is 0.462 e. The average Bonchev–Trinajstić information content (AvgIpc) is 3.22. The highest BCUT2D eigenvalue weighted by atomic mass is 16.5. The maximum absolute atomic E-state index is 12.4. The Morgan fingerprint density at radius 1 is 1.08 bits per heavy atom. The van der Waals surface area contributed by atoms with Crippen LogP contribution >= 0.6 is 0 Å². The molecule has 1 aromatic carbocycles. The van der Waals surface area contributed by atoms with Gasteiger partial charge in [0.25, 0.3) is 0 Å². The number of aliphatic imine (C=N–C) groups is 1. The van der Waals surface area contributed by atoms with Gasteiger partial charge in [0, 0.05) is 21.9 Å². The summed E-state index contributed by atoms with van der Waals surface area (Å²) in [5.74, 6) is -0.976. The van der Waals surface area contributed by atoms with Crippen LogP contribution in [0.15, 0.2) is 34.5 Å². The van der Waals surface area contributed by atoms with Gasteiger partial charge < -0.3 is 9.47 Å². The van der Waals surface area contributed by atoms with E-state index in [0.29, 0.717) is 22.3 Å². The second-order valence-electron chi connectivity index (χ2n) is 5.67. The molecule has 130 valence electrons. The van der Waals surface area contributed by atoms with E-state index in [9.17, 15) is 9.59 Å². The summed E-state index contributed by atoms with van der Waals surface area (Å²) in [7, 11) is 0. The van der Waals surface area contributed by atoms with Crippen LogP contribution in [0.4, 0.5) is 11.4 Å². The summed E-state index contributed by atoms with van der Waals surface area (Å²) in [6.07, 6.45) is 4.97. The van der Waals surface area contributed by atoms with E-state index in [1.54, 1.807) is 38.4 Å². The minimum absolute atomic E-state index is 0.201. The number of nitrogens with zero attached hydrogens (tertiary/aromatic N) is 3. The fraction of sp³-hybridized carbons (Fsp3) is 0.211. The second-order valence-corrected chi connectivity index (χ2v) is 5.67. The van der Waals surface area contributed by atoms with Crippen molar-refractivity contribution >= 4 is 35.1 Å². The molecule has 7 nitrogen and oxygen atoms in total. The standard InChI is InChI=1S/C19H15N3O4/c1-3-25-18(23)12-8-13-11(7-14(21-13)19(24)26-4-2)16-10-5-6-20-9-15(10)22-17(12)16/h5-9H,3-4H2,1-2H3. The molecule has 0 spiro atoms. The Bertz CT molecular complexity index is 1200. The van der Waals surface area contributed by atoms with Gasteiger partial charge in [-0.15, -0.1) is 0 Å². The number of fused-ring (bicyclic) bond motifs is 4. The van der Waals surface area contributed by atoms with Gasteiger partial charge >= 0.3 is 11.9 Å². The Morgan fingerprint density at radius 2 is 1.85 bits per heavy atom. The molecule has 0 aliphatic carbocycles. The van der Waals surface area contributed by atoms with Crippen molar-refractivity contribution in [3.05, 3.63) is 51.1 Å². The Hall–Kier alpha value is -3.35. The van der Waals surface area contributed by atoms with Crippen molar-refractivity contribution in [3.8, 4) is 0 Å². The van der Waals surface area contributed by atoms with Gasteiger partial charge in [-0.2, -0.15) is 0 Å². The van der Waals surface area contributed by atoms with Crippen molar-refractivity contribution in [2.45, 2.75) is 13.8 Å². The Morgan fingerprint density at radius 3 is 2.62 bits per heavy atom. The maximum atomic E-state index is 12.4. The highest BCUT2D eigenvalue weighted by Crippen LogP contribution is 2.28. The quantitative estimate of drug-likeness (QED) is 0.661. The number of hydrogen-bond acceptors (Lipinski definition) is 7. The van der Waals surface area contributed by atoms with Crippen LogP contribution in [-0.4, -0.2) is 35.8 Å². The van der Waals surface area contributed by atoms with Gasteiger partial charge in [-0.05, 0) is 32.1 Å². The van der Waals surface area contributed by atoms with Crippen molar-refractivity contribution in [2.75, 3.05) is 13.2 Å². The highest BCUT2D eigenvalue weighted by Gasteiger charge is 2.24. The molecular formula is C19H15N3O4. The molecule has 0 atom stereocenters. The van der Waals surface area contributed by atoms with Crippen molar-refractivity contribution in [3.63, 3.8) is 0 Å². The van der Waals surface area contributed by atoms with Gasteiger partial charge in [-0.3, -0.25) is 4.98 Å². The normalized spacial score (nSPS) is 12.9. The SMILES string of the molecule is CCOC(=O)C1=Nc2cc(C(=O)OCC)c3c(c2=C1)=c1ccncc1=N3. The number of pyridine rings is 1. The second kappa shape index (κ2) is 6.18. The molecule has 0 N–H and O–H groups in total. The molecule has 1 aromatic heterocycles. The van der Waals surface area contributed by atoms with Crippen molar-refractivity contribution in [2.24, 2.45) is 9.98 Å². The molecule has 0 fully saturated rings. The number of benzene rings is 1. The zero-order valence-corrected chi connectivity index (χ0v) is 14.3. The minimum atomic E-state index is -0.500. The van der Waals surface area contributed by atoms with Gasteiger partial charge in [-0.25, -0.2) is 19.6 Å². The van der Waals surface area contributed by atoms with E-state index in [-0.39, 0.29) is 18.9 Å². The summed E-state index contributed by atoms with van der Waals surface area (Å²) in [6, 6.07) is 3.44. The molecule has 0 amide bonds. The summed E-state index contributed by atoms with van der Waals surface area (Å²) in [5, 5.41) is 3.00. The number of carbonyl (C=O) groups excluding carboxylic acids is 2. The lowest BCUT2D eigenvalue weighted by Crippen LogP contribution is -2.15. The molecule has 26 heavy (non-hydrogen) atoms. The molecular weight excluding hydrogens is 334 g/mol. The molecule has 2 aromatic rings. The summed E-state index contributed by atoms with van der Waals surface area (Å²) in [5.41, 5.74) is 1.56. The van der Waals surface area contributed by atoms with Crippen LogP contribution in [0, 0.1) is 10.4 Å². The summed E-state index contributed by atoms with van der Waals surface area (Å²) in [4.78, 5) is 37.5. The predicted octanol–water partition coefficient (Wildman–Crippen LogP) is 1.24. The molecule has 2 aliphatic rings. The highest BCUT2D eigenvalue weighted by molar-refractivity contribution is 6.49. The molecule has 7 heteroatoms. The summed E-state index contributed by atoms with van der Waals surface area (Å²) >= 11 is 0. The van der Waals surface area contributed by atoms with E-state index in [0.717, 1.165) is 15.7 Å². The maximum Gasteiger partial charge on any atom is 0.356 e. The Kier molecular flexibility index (Phi) is 3.84.